The molecule has 2 aliphatic heterocycles. The summed E-state index contributed by atoms with van der Waals surface area (Å²) in [5, 5.41) is 2.83. The molecule has 4 rings (SSSR count). The van der Waals surface area contributed by atoms with E-state index in [1.165, 1.54) is 18.3 Å². The van der Waals surface area contributed by atoms with Crippen LogP contribution in [0.2, 0.25) is 0 Å². The molecule has 1 unspecified atom stereocenters. The highest BCUT2D eigenvalue weighted by atomic mass is 32.1. The molecule has 1 spiro atoms. The molecule has 1 N–H and O–H groups in total. The zero-order chi connectivity index (χ0) is 16.7. The number of halogens is 1. The van der Waals surface area contributed by atoms with Crippen LogP contribution >= 0.6 is 11.3 Å². The summed E-state index contributed by atoms with van der Waals surface area (Å²) in [4.78, 5) is 21.7. The topological polar surface area (TPSA) is 67.4 Å². The summed E-state index contributed by atoms with van der Waals surface area (Å²) in [6, 6.07) is 1.90. The molecular formula is C16H17FN4O2S. The van der Waals surface area contributed by atoms with Crippen molar-refractivity contribution in [3.05, 3.63) is 34.8 Å². The summed E-state index contributed by atoms with van der Waals surface area (Å²) in [7, 11) is 0. The van der Waals surface area contributed by atoms with E-state index in [0.717, 1.165) is 37.2 Å². The fourth-order valence-corrected chi connectivity index (χ4v) is 4.32. The van der Waals surface area contributed by atoms with Crippen LogP contribution in [0.25, 0.3) is 0 Å². The molecule has 1 fully saturated rings. The minimum absolute atomic E-state index is 0.229. The number of carbonyl (C=O) groups excluding carboxylic acids is 1. The number of nitrogens with zero attached hydrogens (tertiary/aromatic N) is 3. The molecule has 0 bridgehead atoms. The standard InChI is InChI=1S/C16H17FN4O2S/c1-10(22)19-15-20-14(17)13(24-15)8-21-5-3-16(9-21)6-11-7-18-4-2-12(11)23-16/h2,4,7H,3,5-6,8-9H2,1H3,(H,19,20,22). The van der Waals surface area contributed by atoms with Gasteiger partial charge in [0.25, 0.3) is 0 Å². The second-order valence-electron chi connectivity index (χ2n) is 6.32. The van der Waals surface area contributed by atoms with Gasteiger partial charge in [0, 0.05) is 57.4 Å². The molecule has 8 heteroatoms. The van der Waals surface area contributed by atoms with E-state index in [-0.39, 0.29) is 11.5 Å². The third-order valence-electron chi connectivity index (χ3n) is 4.39. The molecule has 0 aliphatic carbocycles. The predicted octanol–water partition coefficient (Wildman–Crippen LogP) is 2.22. The van der Waals surface area contributed by atoms with E-state index in [1.54, 1.807) is 6.20 Å². The number of fused-ring (bicyclic) bond motifs is 1. The zero-order valence-corrected chi connectivity index (χ0v) is 14.0. The Bertz CT molecular complexity index is 769. The highest BCUT2D eigenvalue weighted by molar-refractivity contribution is 7.15. The molecule has 1 saturated heterocycles. The van der Waals surface area contributed by atoms with E-state index in [9.17, 15) is 9.18 Å². The Morgan fingerprint density at radius 2 is 2.46 bits per heavy atom. The van der Waals surface area contributed by atoms with Crippen LogP contribution < -0.4 is 10.1 Å². The van der Waals surface area contributed by atoms with Gasteiger partial charge in [0.15, 0.2) is 5.13 Å². The second kappa shape index (κ2) is 5.78. The number of nitrogens with one attached hydrogen (secondary N) is 1. The van der Waals surface area contributed by atoms with Gasteiger partial charge in [-0.25, -0.2) is 0 Å². The SMILES string of the molecule is CC(=O)Nc1nc(F)c(CN2CCC3(Cc4cnccc4O3)C2)s1. The van der Waals surface area contributed by atoms with Gasteiger partial charge >= 0.3 is 0 Å². The molecule has 126 valence electrons. The number of aromatic nitrogens is 2. The van der Waals surface area contributed by atoms with E-state index in [0.29, 0.717) is 16.6 Å². The van der Waals surface area contributed by atoms with Crippen LogP contribution in [0.5, 0.6) is 5.75 Å². The van der Waals surface area contributed by atoms with Crippen molar-refractivity contribution in [2.75, 3.05) is 18.4 Å². The molecule has 1 atom stereocenters. The van der Waals surface area contributed by atoms with Crippen LogP contribution in [-0.2, 0) is 17.8 Å². The molecule has 24 heavy (non-hydrogen) atoms. The van der Waals surface area contributed by atoms with Crippen molar-refractivity contribution in [3.8, 4) is 5.75 Å². The highest BCUT2D eigenvalue weighted by Gasteiger charge is 2.45. The van der Waals surface area contributed by atoms with Crippen molar-refractivity contribution in [2.24, 2.45) is 0 Å². The number of likely N-dealkylation sites (tertiary alicyclic amines) is 1. The molecule has 2 aromatic heterocycles. The fraction of sp³-hybridized carbons (Fsp3) is 0.438. The van der Waals surface area contributed by atoms with Crippen molar-refractivity contribution >= 4 is 22.4 Å². The van der Waals surface area contributed by atoms with Crippen LogP contribution in [0.1, 0.15) is 23.8 Å². The Balaban J connectivity index is 1.43. The van der Waals surface area contributed by atoms with Crippen molar-refractivity contribution in [3.63, 3.8) is 0 Å². The summed E-state index contributed by atoms with van der Waals surface area (Å²) >= 11 is 1.18. The lowest BCUT2D eigenvalue weighted by Gasteiger charge is -2.23. The van der Waals surface area contributed by atoms with Gasteiger partial charge < -0.3 is 10.1 Å². The van der Waals surface area contributed by atoms with Crippen LogP contribution in [0.15, 0.2) is 18.5 Å². The highest BCUT2D eigenvalue weighted by Crippen LogP contribution is 2.40. The van der Waals surface area contributed by atoms with E-state index in [2.05, 4.69) is 20.2 Å². The van der Waals surface area contributed by atoms with Crippen LogP contribution in [-0.4, -0.2) is 39.5 Å². The molecule has 4 heterocycles. The van der Waals surface area contributed by atoms with Gasteiger partial charge in [-0.1, -0.05) is 11.3 Å². The lowest BCUT2D eigenvalue weighted by molar-refractivity contribution is -0.114. The maximum Gasteiger partial charge on any atom is 0.230 e. The summed E-state index contributed by atoms with van der Waals surface area (Å²) in [6.07, 6.45) is 5.34. The number of ether oxygens (including phenoxy) is 1. The number of thiazole rings is 1. The van der Waals surface area contributed by atoms with Crippen molar-refractivity contribution < 1.29 is 13.9 Å². The summed E-state index contributed by atoms with van der Waals surface area (Å²) in [5.74, 6) is 0.148. The number of carbonyl (C=O) groups is 1. The molecule has 0 radical (unpaired) electrons. The number of pyridine rings is 1. The maximum atomic E-state index is 14.0. The minimum Gasteiger partial charge on any atom is -0.485 e. The molecule has 0 saturated carbocycles. The maximum absolute atomic E-state index is 14.0. The fourth-order valence-electron chi connectivity index (χ4n) is 3.39. The van der Waals surface area contributed by atoms with Gasteiger partial charge in [0.1, 0.15) is 11.4 Å². The predicted molar refractivity (Wildman–Crippen MR) is 87.6 cm³/mol. The lowest BCUT2D eigenvalue weighted by Crippen LogP contribution is -2.37. The number of hydrogen-bond donors (Lipinski definition) is 1. The molecule has 2 aliphatic rings. The minimum atomic E-state index is -0.510. The summed E-state index contributed by atoms with van der Waals surface area (Å²) in [5.41, 5.74) is 0.906. The molecular weight excluding hydrogens is 331 g/mol. The summed E-state index contributed by atoms with van der Waals surface area (Å²) in [6.45, 7) is 3.44. The zero-order valence-electron chi connectivity index (χ0n) is 13.2. The van der Waals surface area contributed by atoms with Gasteiger partial charge in [-0.15, -0.1) is 0 Å². The first-order valence-corrected chi connectivity index (χ1v) is 8.62. The van der Waals surface area contributed by atoms with Gasteiger partial charge in [-0.3, -0.25) is 14.7 Å². The van der Waals surface area contributed by atoms with Crippen molar-refractivity contribution in [2.45, 2.75) is 31.9 Å². The Morgan fingerprint density at radius 1 is 1.58 bits per heavy atom. The van der Waals surface area contributed by atoms with E-state index >= 15 is 0 Å². The van der Waals surface area contributed by atoms with Crippen LogP contribution in [0, 0.1) is 5.95 Å². The van der Waals surface area contributed by atoms with Gasteiger partial charge in [0.2, 0.25) is 11.9 Å². The quantitative estimate of drug-likeness (QED) is 0.921. The number of amides is 1. The average Bonchev–Trinajstić information content (AvgIpc) is 3.17. The van der Waals surface area contributed by atoms with Gasteiger partial charge in [-0.2, -0.15) is 9.37 Å². The number of hydrogen-bond acceptors (Lipinski definition) is 6. The third kappa shape index (κ3) is 2.87. The number of rotatable bonds is 3. The van der Waals surface area contributed by atoms with Crippen molar-refractivity contribution in [1.82, 2.24) is 14.9 Å². The normalized spacial score (nSPS) is 22.6. The largest absolute Gasteiger partial charge is 0.485 e. The second-order valence-corrected chi connectivity index (χ2v) is 7.40. The monoisotopic (exact) mass is 348 g/mol. The molecule has 1 amide bonds. The Hall–Kier alpha value is -2.06. The Morgan fingerprint density at radius 3 is 3.25 bits per heavy atom. The van der Waals surface area contributed by atoms with E-state index in [4.69, 9.17) is 4.74 Å². The third-order valence-corrected chi connectivity index (χ3v) is 5.32. The summed E-state index contributed by atoms with van der Waals surface area (Å²) < 4.78 is 20.1. The van der Waals surface area contributed by atoms with Gasteiger partial charge in [-0.05, 0) is 6.07 Å². The van der Waals surface area contributed by atoms with E-state index < -0.39 is 5.95 Å². The Kier molecular flexibility index (Phi) is 3.73. The van der Waals surface area contributed by atoms with Crippen LogP contribution in [0.3, 0.4) is 0 Å². The number of anilines is 1. The van der Waals surface area contributed by atoms with Gasteiger partial charge in [0.05, 0.1) is 4.88 Å². The smallest absolute Gasteiger partial charge is 0.230 e. The lowest BCUT2D eigenvalue weighted by atomic mass is 9.97. The average molecular weight is 348 g/mol. The molecule has 6 nitrogen and oxygen atoms in total. The Labute approximate surface area is 142 Å². The van der Waals surface area contributed by atoms with E-state index in [1.807, 2.05) is 12.3 Å². The first kappa shape index (κ1) is 15.5. The molecule has 0 aromatic carbocycles. The van der Waals surface area contributed by atoms with Crippen molar-refractivity contribution in [1.29, 1.82) is 0 Å². The first-order valence-electron chi connectivity index (χ1n) is 7.80. The van der Waals surface area contributed by atoms with Crippen LogP contribution in [0.4, 0.5) is 9.52 Å². The first-order chi connectivity index (χ1) is 11.5. The molecule has 2 aromatic rings.